The first-order chi connectivity index (χ1) is 10.7. The maximum absolute atomic E-state index is 12.4. The first-order valence-corrected chi connectivity index (χ1v) is 8.00. The number of hydrogen-bond acceptors (Lipinski definition) is 4. The van der Waals surface area contributed by atoms with Crippen molar-refractivity contribution in [3.05, 3.63) is 35.9 Å². The number of aliphatic hydroxyl groups is 1. The van der Waals surface area contributed by atoms with Gasteiger partial charge in [-0.15, -0.1) is 0 Å². The van der Waals surface area contributed by atoms with Crippen LogP contribution in [0.25, 0.3) is 0 Å². The number of carbonyl (C=O) groups is 1. The second-order valence-corrected chi connectivity index (χ2v) is 6.08. The van der Waals surface area contributed by atoms with Gasteiger partial charge in [-0.2, -0.15) is 0 Å². The van der Waals surface area contributed by atoms with Crippen LogP contribution in [0.5, 0.6) is 0 Å². The van der Waals surface area contributed by atoms with Gasteiger partial charge in [0, 0.05) is 18.5 Å². The van der Waals surface area contributed by atoms with Crippen molar-refractivity contribution in [1.29, 1.82) is 0 Å². The van der Waals surface area contributed by atoms with Gasteiger partial charge in [-0.05, 0) is 24.8 Å². The zero-order valence-corrected chi connectivity index (χ0v) is 12.9. The van der Waals surface area contributed by atoms with Crippen LogP contribution < -0.4 is 0 Å². The van der Waals surface area contributed by atoms with E-state index in [0.717, 1.165) is 24.8 Å². The minimum absolute atomic E-state index is 0.109. The fraction of sp³-hybridized carbons (Fsp3) is 0.588. The molecule has 22 heavy (non-hydrogen) atoms. The molecule has 4 atom stereocenters. The number of nitrogens with zero attached hydrogens (tertiary/aromatic N) is 1. The molecule has 1 N–H and O–H groups in total. The SMILES string of the molecule is CCC1CCC(C2OC2O)CN1C(=O)OCc1ccccc1. The number of rotatable bonds is 4. The Hall–Kier alpha value is -1.59. The number of aliphatic hydroxyl groups excluding tert-OH is 1. The fourth-order valence-electron chi connectivity index (χ4n) is 3.23. The van der Waals surface area contributed by atoms with E-state index in [1.165, 1.54) is 0 Å². The first-order valence-electron chi connectivity index (χ1n) is 8.00. The van der Waals surface area contributed by atoms with E-state index in [1.807, 2.05) is 35.2 Å². The summed E-state index contributed by atoms with van der Waals surface area (Å²) in [6.07, 6.45) is 1.82. The van der Waals surface area contributed by atoms with Crippen LogP contribution in [-0.2, 0) is 16.1 Å². The monoisotopic (exact) mass is 305 g/mol. The van der Waals surface area contributed by atoms with Gasteiger partial charge >= 0.3 is 6.09 Å². The highest BCUT2D eigenvalue weighted by Crippen LogP contribution is 2.35. The lowest BCUT2D eigenvalue weighted by molar-refractivity contribution is 0.0486. The van der Waals surface area contributed by atoms with Gasteiger partial charge < -0.3 is 19.5 Å². The van der Waals surface area contributed by atoms with Crippen LogP contribution in [0.2, 0.25) is 0 Å². The lowest BCUT2D eigenvalue weighted by Gasteiger charge is -2.38. The number of piperidine rings is 1. The van der Waals surface area contributed by atoms with Gasteiger partial charge in [0.1, 0.15) is 12.7 Å². The molecule has 1 amide bonds. The van der Waals surface area contributed by atoms with E-state index in [0.29, 0.717) is 13.2 Å². The van der Waals surface area contributed by atoms with E-state index in [-0.39, 0.29) is 24.2 Å². The lowest BCUT2D eigenvalue weighted by Crippen LogP contribution is -2.48. The molecule has 0 bridgehead atoms. The number of hydrogen-bond donors (Lipinski definition) is 1. The van der Waals surface area contributed by atoms with E-state index in [4.69, 9.17) is 9.47 Å². The predicted octanol–water partition coefficient (Wildman–Crippen LogP) is 2.53. The molecule has 2 aliphatic heterocycles. The van der Waals surface area contributed by atoms with Crippen LogP contribution in [0.4, 0.5) is 4.79 Å². The minimum Gasteiger partial charge on any atom is -0.445 e. The Morgan fingerprint density at radius 3 is 2.73 bits per heavy atom. The number of carbonyl (C=O) groups excluding carboxylic acids is 1. The third kappa shape index (κ3) is 3.42. The Bertz CT molecular complexity index is 507. The molecule has 3 rings (SSSR count). The molecule has 0 aliphatic carbocycles. The van der Waals surface area contributed by atoms with Crippen molar-refractivity contribution in [2.75, 3.05) is 6.54 Å². The molecule has 2 heterocycles. The summed E-state index contributed by atoms with van der Waals surface area (Å²) in [6.45, 7) is 2.98. The maximum Gasteiger partial charge on any atom is 0.410 e. The van der Waals surface area contributed by atoms with Gasteiger partial charge in [-0.3, -0.25) is 0 Å². The molecule has 5 nitrogen and oxygen atoms in total. The average molecular weight is 305 g/mol. The molecule has 2 saturated heterocycles. The number of likely N-dealkylation sites (tertiary alicyclic amines) is 1. The van der Waals surface area contributed by atoms with E-state index >= 15 is 0 Å². The summed E-state index contributed by atoms with van der Waals surface area (Å²) in [5.74, 6) is 0.210. The van der Waals surface area contributed by atoms with Crippen molar-refractivity contribution in [3.63, 3.8) is 0 Å². The number of epoxide rings is 1. The molecule has 4 unspecified atom stereocenters. The van der Waals surface area contributed by atoms with Crippen molar-refractivity contribution in [1.82, 2.24) is 4.90 Å². The van der Waals surface area contributed by atoms with Gasteiger partial charge in [0.25, 0.3) is 0 Å². The minimum atomic E-state index is -0.648. The standard InChI is InChI=1S/C17H23NO4/c1-2-14-9-8-13(15-16(19)22-15)10-18(14)17(20)21-11-12-6-4-3-5-7-12/h3-7,13-16,19H,2,8-11H2,1H3. The van der Waals surface area contributed by atoms with Crippen molar-refractivity contribution >= 4 is 6.09 Å². The van der Waals surface area contributed by atoms with E-state index < -0.39 is 6.29 Å². The molecule has 1 aromatic carbocycles. The summed E-state index contributed by atoms with van der Waals surface area (Å²) in [6, 6.07) is 9.90. The average Bonchev–Trinajstić information content (AvgIpc) is 3.30. The second kappa shape index (κ2) is 6.67. The van der Waals surface area contributed by atoms with Crippen molar-refractivity contribution in [2.45, 2.75) is 51.2 Å². The van der Waals surface area contributed by atoms with Crippen LogP contribution in [-0.4, -0.2) is 41.1 Å². The summed E-state index contributed by atoms with van der Waals surface area (Å²) in [7, 11) is 0. The Kier molecular flexibility index (Phi) is 4.64. The highest BCUT2D eigenvalue weighted by Gasteiger charge is 2.47. The molecule has 0 spiro atoms. The van der Waals surface area contributed by atoms with Gasteiger partial charge in [0.2, 0.25) is 0 Å². The summed E-state index contributed by atoms with van der Waals surface area (Å²) in [5.41, 5.74) is 0.985. The molecular formula is C17H23NO4. The second-order valence-electron chi connectivity index (χ2n) is 6.08. The summed E-state index contributed by atoms with van der Waals surface area (Å²) in [5, 5.41) is 9.42. The third-order valence-corrected chi connectivity index (χ3v) is 4.62. The van der Waals surface area contributed by atoms with Crippen LogP contribution in [0.3, 0.4) is 0 Å². The van der Waals surface area contributed by atoms with E-state index in [1.54, 1.807) is 0 Å². The topological polar surface area (TPSA) is 62.3 Å². The first kappa shape index (κ1) is 15.3. The van der Waals surface area contributed by atoms with E-state index in [2.05, 4.69) is 6.92 Å². The summed E-state index contributed by atoms with van der Waals surface area (Å²) >= 11 is 0. The summed E-state index contributed by atoms with van der Waals surface area (Å²) in [4.78, 5) is 14.2. The number of benzene rings is 1. The van der Waals surface area contributed by atoms with Gasteiger partial charge in [0.05, 0.1) is 0 Å². The number of ether oxygens (including phenoxy) is 2. The quantitative estimate of drug-likeness (QED) is 0.868. The van der Waals surface area contributed by atoms with Gasteiger partial charge in [-0.25, -0.2) is 4.79 Å². The lowest BCUT2D eigenvalue weighted by atomic mass is 9.89. The van der Waals surface area contributed by atoms with Crippen LogP contribution in [0.1, 0.15) is 31.7 Å². The zero-order chi connectivity index (χ0) is 15.5. The molecule has 5 heteroatoms. The molecule has 120 valence electrons. The van der Waals surface area contributed by atoms with Gasteiger partial charge in [0.15, 0.2) is 6.29 Å². The molecule has 0 saturated carbocycles. The van der Waals surface area contributed by atoms with Crippen LogP contribution in [0, 0.1) is 5.92 Å². The van der Waals surface area contributed by atoms with Crippen LogP contribution >= 0.6 is 0 Å². The normalized spacial score (nSPS) is 30.9. The molecule has 1 aromatic rings. The smallest absolute Gasteiger partial charge is 0.410 e. The third-order valence-electron chi connectivity index (χ3n) is 4.62. The Balaban J connectivity index is 1.58. The Labute approximate surface area is 130 Å². The Morgan fingerprint density at radius 1 is 1.36 bits per heavy atom. The molecule has 2 aliphatic rings. The van der Waals surface area contributed by atoms with E-state index in [9.17, 15) is 9.90 Å². The highest BCUT2D eigenvalue weighted by molar-refractivity contribution is 5.68. The maximum atomic E-state index is 12.4. The van der Waals surface area contributed by atoms with Crippen molar-refractivity contribution < 1.29 is 19.4 Å². The predicted molar refractivity (Wildman–Crippen MR) is 81.0 cm³/mol. The number of amides is 1. The largest absolute Gasteiger partial charge is 0.445 e. The highest BCUT2D eigenvalue weighted by atomic mass is 16.7. The Morgan fingerprint density at radius 2 is 2.09 bits per heavy atom. The van der Waals surface area contributed by atoms with Crippen LogP contribution in [0.15, 0.2) is 30.3 Å². The van der Waals surface area contributed by atoms with Crippen molar-refractivity contribution in [2.24, 2.45) is 5.92 Å². The molecule has 0 aromatic heterocycles. The molecule has 2 fully saturated rings. The molecular weight excluding hydrogens is 282 g/mol. The summed E-state index contributed by atoms with van der Waals surface area (Å²) < 4.78 is 10.6. The molecule has 0 radical (unpaired) electrons. The fourth-order valence-corrected chi connectivity index (χ4v) is 3.23. The van der Waals surface area contributed by atoms with Gasteiger partial charge in [-0.1, -0.05) is 37.3 Å². The van der Waals surface area contributed by atoms with Crippen molar-refractivity contribution in [3.8, 4) is 0 Å². The zero-order valence-electron chi connectivity index (χ0n) is 12.9.